The van der Waals surface area contributed by atoms with Crippen molar-refractivity contribution in [3.63, 3.8) is 0 Å². The van der Waals surface area contributed by atoms with Gasteiger partial charge in [-0.3, -0.25) is 4.79 Å². The Bertz CT molecular complexity index is 191. The maximum atomic E-state index is 10.8. The molecular formula is C8H14N2O2. The summed E-state index contributed by atoms with van der Waals surface area (Å²) in [6.07, 6.45) is 3.04. The number of hydrogen-bond acceptors (Lipinski definition) is 3. The van der Waals surface area contributed by atoms with Crippen molar-refractivity contribution < 1.29 is 9.90 Å². The maximum Gasteiger partial charge on any atom is 0.322 e. The molecule has 0 amide bonds. The number of aliphatic carboxylic acids is 1. The van der Waals surface area contributed by atoms with Crippen LogP contribution in [0.5, 0.6) is 0 Å². The van der Waals surface area contributed by atoms with Crippen molar-refractivity contribution in [2.75, 3.05) is 19.6 Å². The highest BCUT2D eigenvalue weighted by atomic mass is 16.4. The molecule has 0 spiro atoms. The lowest BCUT2D eigenvalue weighted by Gasteiger charge is -2.40. The molecule has 1 N–H and O–H groups in total. The van der Waals surface area contributed by atoms with Gasteiger partial charge in [0, 0.05) is 19.6 Å². The second-order valence-electron chi connectivity index (χ2n) is 3.47. The van der Waals surface area contributed by atoms with Crippen LogP contribution in [0.15, 0.2) is 0 Å². The van der Waals surface area contributed by atoms with E-state index in [0.29, 0.717) is 0 Å². The van der Waals surface area contributed by atoms with E-state index in [0.717, 1.165) is 32.5 Å². The number of hydrogen-bond donors (Lipinski definition) is 1. The van der Waals surface area contributed by atoms with Gasteiger partial charge in [-0.25, -0.2) is 10.0 Å². The molecule has 0 aromatic rings. The summed E-state index contributed by atoms with van der Waals surface area (Å²) in [6.45, 7) is 3.02. The second kappa shape index (κ2) is 3.03. The van der Waals surface area contributed by atoms with Gasteiger partial charge in [0.1, 0.15) is 6.04 Å². The molecule has 2 heterocycles. The summed E-state index contributed by atoms with van der Waals surface area (Å²) in [6, 6.07) is -0.245. The Morgan fingerprint density at radius 3 is 2.50 bits per heavy atom. The van der Waals surface area contributed by atoms with E-state index < -0.39 is 5.97 Å². The first kappa shape index (κ1) is 8.01. The fourth-order valence-corrected chi connectivity index (χ4v) is 1.90. The van der Waals surface area contributed by atoms with Crippen LogP contribution in [0.4, 0.5) is 0 Å². The summed E-state index contributed by atoms with van der Waals surface area (Å²) in [5.41, 5.74) is 0. The Kier molecular flexibility index (Phi) is 2.02. The van der Waals surface area contributed by atoms with Gasteiger partial charge in [-0.1, -0.05) is 0 Å². The highest BCUT2D eigenvalue weighted by molar-refractivity contribution is 5.73. The van der Waals surface area contributed by atoms with E-state index in [4.69, 9.17) is 5.11 Å². The standard InChI is InChI=1S/C8H14N2O2/c11-8(12)7-3-1-6-10(7)9-4-2-5-9/h7H,1-6H2,(H,11,12)/t7-/m0/s1. The minimum Gasteiger partial charge on any atom is -0.480 e. The van der Waals surface area contributed by atoms with Crippen molar-refractivity contribution in [3.8, 4) is 0 Å². The van der Waals surface area contributed by atoms with Crippen LogP contribution in [-0.2, 0) is 4.79 Å². The van der Waals surface area contributed by atoms with Gasteiger partial charge in [-0.2, -0.15) is 0 Å². The maximum absolute atomic E-state index is 10.8. The summed E-state index contributed by atoms with van der Waals surface area (Å²) < 4.78 is 0. The number of rotatable bonds is 2. The predicted octanol–water partition coefficient (Wildman–Crippen LogP) is 0.156. The van der Waals surface area contributed by atoms with E-state index in [1.54, 1.807) is 0 Å². The zero-order valence-electron chi connectivity index (χ0n) is 7.07. The summed E-state index contributed by atoms with van der Waals surface area (Å²) >= 11 is 0. The van der Waals surface area contributed by atoms with E-state index in [-0.39, 0.29) is 6.04 Å². The molecular weight excluding hydrogens is 156 g/mol. The first-order valence-corrected chi connectivity index (χ1v) is 4.53. The van der Waals surface area contributed by atoms with Gasteiger partial charge >= 0.3 is 5.97 Å². The Labute approximate surface area is 71.7 Å². The van der Waals surface area contributed by atoms with Crippen LogP contribution >= 0.6 is 0 Å². The van der Waals surface area contributed by atoms with Gasteiger partial charge in [-0.15, -0.1) is 0 Å². The van der Waals surface area contributed by atoms with Crippen LogP contribution in [0.25, 0.3) is 0 Å². The molecule has 2 aliphatic heterocycles. The molecule has 0 saturated carbocycles. The van der Waals surface area contributed by atoms with Crippen LogP contribution in [0.3, 0.4) is 0 Å². The molecule has 2 saturated heterocycles. The Morgan fingerprint density at radius 2 is 2.00 bits per heavy atom. The van der Waals surface area contributed by atoms with Crippen molar-refractivity contribution >= 4 is 5.97 Å². The number of carboxylic acid groups (broad SMARTS) is 1. The third-order valence-electron chi connectivity index (χ3n) is 2.71. The fourth-order valence-electron chi connectivity index (χ4n) is 1.90. The summed E-state index contributed by atoms with van der Waals surface area (Å²) in [7, 11) is 0. The molecule has 4 nitrogen and oxygen atoms in total. The Balaban J connectivity index is 1.98. The van der Waals surface area contributed by atoms with Crippen molar-refractivity contribution in [3.05, 3.63) is 0 Å². The van der Waals surface area contributed by atoms with E-state index in [2.05, 4.69) is 5.01 Å². The molecule has 0 radical (unpaired) electrons. The van der Waals surface area contributed by atoms with Crippen molar-refractivity contribution in [1.29, 1.82) is 0 Å². The van der Waals surface area contributed by atoms with Crippen LogP contribution in [-0.4, -0.2) is 46.8 Å². The Hall–Kier alpha value is -0.610. The molecule has 12 heavy (non-hydrogen) atoms. The molecule has 68 valence electrons. The van der Waals surface area contributed by atoms with Gasteiger partial charge in [0.2, 0.25) is 0 Å². The largest absolute Gasteiger partial charge is 0.480 e. The highest BCUT2D eigenvalue weighted by Crippen LogP contribution is 2.23. The molecule has 0 unspecified atom stereocenters. The fraction of sp³-hybridized carbons (Fsp3) is 0.875. The van der Waals surface area contributed by atoms with E-state index >= 15 is 0 Å². The molecule has 1 atom stereocenters. The lowest BCUT2D eigenvalue weighted by Crippen LogP contribution is -2.54. The topological polar surface area (TPSA) is 43.8 Å². The van der Waals surface area contributed by atoms with E-state index in [1.807, 2.05) is 5.01 Å². The molecule has 2 fully saturated rings. The zero-order chi connectivity index (χ0) is 8.55. The van der Waals surface area contributed by atoms with Crippen LogP contribution in [0.2, 0.25) is 0 Å². The number of nitrogens with zero attached hydrogens (tertiary/aromatic N) is 2. The van der Waals surface area contributed by atoms with Gasteiger partial charge in [0.05, 0.1) is 0 Å². The minimum absolute atomic E-state index is 0.245. The van der Waals surface area contributed by atoms with Crippen molar-refractivity contribution in [1.82, 2.24) is 10.0 Å². The number of hydrazine groups is 1. The molecule has 4 heteroatoms. The van der Waals surface area contributed by atoms with Gasteiger partial charge < -0.3 is 5.11 Å². The molecule has 0 aliphatic carbocycles. The molecule has 0 aromatic carbocycles. The molecule has 2 aliphatic rings. The van der Waals surface area contributed by atoms with Crippen LogP contribution < -0.4 is 0 Å². The zero-order valence-corrected chi connectivity index (χ0v) is 7.07. The van der Waals surface area contributed by atoms with Crippen molar-refractivity contribution in [2.24, 2.45) is 0 Å². The van der Waals surface area contributed by atoms with E-state index in [1.165, 1.54) is 6.42 Å². The normalized spacial score (nSPS) is 31.8. The lowest BCUT2D eigenvalue weighted by atomic mass is 10.2. The highest BCUT2D eigenvalue weighted by Gasteiger charge is 2.36. The Morgan fingerprint density at radius 1 is 1.25 bits per heavy atom. The first-order chi connectivity index (χ1) is 5.79. The smallest absolute Gasteiger partial charge is 0.322 e. The second-order valence-corrected chi connectivity index (χ2v) is 3.47. The van der Waals surface area contributed by atoms with Gasteiger partial charge in [-0.05, 0) is 19.3 Å². The van der Waals surface area contributed by atoms with Gasteiger partial charge in [0.15, 0.2) is 0 Å². The monoisotopic (exact) mass is 170 g/mol. The molecule has 2 rings (SSSR count). The third-order valence-corrected chi connectivity index (χ3v) is 2.71. The number of carbonyl (C=O) groups is 1. The SMILES string of the molecule is O=C(O)[C@@H]1CCCN1N1CCC1. The van der Waals surface area contributed by atoms with Crippen molar-refractivity contribution in [2.45, 2.75) is 25.3 Å². The first-order valence-electron chi connectivity index (χ1n) is 4.53. The molecule has 0 aromatic heterocycles. The third kappa shape index (κ3) is 1.21. The number of carboxylic acids is 1. The molecule has 0 bridgehead atoms. The average molecular weight is 170 g/mol. The van der Waals surface area contributed by atoms with Crippen LogP contribution in [0, 0.1) is 0 Å². The summed E-state index contributed by atoms with van der Waals surface area (Å²) in [5, 5.41) is 13.1. The minimum atomic E-state index is -0.667. The summed E-state index contributed by atoms with van der Waals surface area (Å²) in [5.74, 6) is -0.667. The average Bonchev–Trinajstić information content (AvgIpc) is 2.31. The van der Waals surface area contributed by atoms with E-state index in [9.17, 15) is 4.79 Å². The van der Waals surface area contributed by atoms with Gasteiger partial charge in [0.25, 0.3) is 0 Å². The van der Waals surface area contributed by atoms with Crippen LogP contribution in [0.1, 0.15) is 19.3 Å². The summed E-state index contributed by atoms with van der Waals surface area (Å²) in [4.78, 5) is 10.8. The quantitative estimate of drug-likeness (QED) is 0.641. The predicted molar refractivity (Wildman–Crippen MR) is 43.6 cm³/mol. The lowest BCUT2D eigenvalue weighted by molar-refractivity contribution is -0.154.